The number of hydrogen-bond donors (Lipinski definition) is 1. The van der Waals surface area contributed by atoms with Gasteiger partial charge in [0.15, 0.2) is 0 Å². The van der Waals surface area contributed by atoms with Crippen molar-refractivity contribution in [3.63, 3.8) is 0 Å². The second-order valence-corrected chi connectivity index (χ2v) is 5.26. The summed E-state index contributed by atoms with van der Waals surface area (Å²) in [6.45, 7) is 4.91. The Hall–Kier alpha value is -0.900. The SMILES string of the molecule is CC(C)NCc1nnc(C2CCCCCC2)o1. The molecule has 4 nitrogen and oxygen atoms in total. The molecule has 0 aliphatic heterocycles. The largest absolute Gasteiger partial charge is 0.424 e. The topological polar surface area (TPSA) is 51.0 Å². The summed E-state index contributed by atoms with van der Waals surface area (Å²) in [5.41, 5.74) is 0. The minimum absolute atomic E-state index is 0.447. The van der Waals surface area contributed by atoms with Crippen LogP contribution in [0.2, 0.25) is 0 Å². The minimum Gasteiger partial charge on any atom is -0.424 e. The Morgan fingerprint density at radius 2 is 1.88 bits per heavy atom. The van der Waals surface area contributed by atoms with Crippen molar-refractivity contribution in [2.24, 2.45) is 0 Å². The van der Waals surface area contributed by atoms with Crippen LogP contribution in [0.1, 0.15) is 70.1 Å². The van der Waals surface area contributed by atoms with Crippen LogP contribution in [0.3, 0.4) is 0 Å². The van der Waals surface area contributed by atoms with Crippen molar-refractivity contribution in [2.45, 2.75) is 70.9 Å². The fourth-order valence-electron chi connectivity index (χ4n) is 2.32. The molecule has 2 rings (SSSR count). The van der Waals surface area contributed by atoms with Gasteiger partial charge in [0.2, 0.25) is 11.8 Å². The highest BCUT2D eigenvalue weighted by Crippen LogP contribution is 2.30. The summed E-state index contributed by atoms with van der Waals surface area (Å²) in [7, 11) is 0. The van der Waals surface area contributed by atoms with Gasteiger partial charge in [-0.15, -0.1) is 10.2 Å². The van der Waals surface area contributed by atoms with E-state index in [2.05, 4.69) is 29.4 Å². The Labute approximate surface area is 103 Å². The molecule has 1 aromatic rings. The normalized spacial score (nSPS) is 18.5. The lowest BCUT2D eigenvalue weighted by Crippen LogP contribution is -2.21. The van der Waals surface area contributed by atoms with Crippen LogP contribution in [0.15, 0.2) is 4.42 Å². The van der Waals surface area contributed by atoms with E-state index in [0.29, 0.717) is 18.5 Å². The predicted octanol–water partition coefficient (Wildman–Crippen LogP) is 3.01. The zero-order chi connectivity index (χ0) is 12.1. The van der Waals surface area contributed by atoms with Crippen molar-refractivity contribution in [2.75, 3.05) is 0 Å². The lowest BCUT2D eigenvalue weighted by Gasteiger charge is -2.08. The smallest absolute Gasteiger partial charge is 0.230 e. The van der Waals surface area contributed by atoms with Crippen LogP contribution in [0.4, 0.5) is 0 Å². The van der Waals surface area contributed by atoms with Gasteiger partial charge < -0.3 is 9.73 Å². The van der Waals surface area contributed by atoms with Gasteiger partial charge in [-0.05, 0) is 12.8 Å². The first-order chi connectivity index (χ1) is 8.25. The predicted molar refractivity (Wildman–Crippen MR) is 66.7 cm³/mol. The molecule has 96 valence electrons. The van der Waals surface area contributed by atoms with Gasteiger partial charge in [-0.25, -0.2) is 0 Å². The van der Waals surface area contributed by atoms with Gasteiger partial charge in [0.05, 0.1) is 6.54 Å². The van der Waals surface area contributed by atoms with Crippen LogP contribution in [-0.4, -0.2) is 16.2 Å². The molecule has 0 amide bonds. The van der Waals surface area contributed by atoms with Gasteiger partial charge in [-0.2, -0.15) is 0 Å². The Bertz CT molecular complexity index is 327. The molecule has 0 aromatic carbocycles. The minimum atomic E-state index is 0.447. The lowest BCUT2D eigenvalue weighted by atomic mass is 10.0. The van der Waals surface area contributed by atoms with Gasteiger partial charge in [0, 0.05) is 12.0 Å². The van der Waals surface area contributed by atoms with Crippen LogP contribution in [-0.2, 0) is 6.54 Å². The van der Waals surface area contributed by atoms with Crippen molar-refractivity contribution < 1.29 is 4.42 Å². The molecule has 17 heavy (non-hydrogen) atoms. The van der Waals surface area contributed by atoms with Crippen molar-refractivity contribution in [1.82, 2.24) is 15.5 Å². The van der Waals surface area contributed by atoms with E-state index >= 15 is 0 Å². The van der Waals surface area contributed by atoms with Gasteiger partial charge in [0.1, 0.15) is 0 Å². The quantitative estimate of drug-likeness (QED) is 0.818. The van der Waals surface area contributed by atoms with E-state index in [0.717, 1.165) is 11.8 Å². The summed E-state index contributed by atoms with van der Waals surface area (Å²) >= 11 is 0. The molecule has 1 N–H and O–H groups in total. The number of nitrogens with zero attached hydrogens (tertiary/aromatic N) is 2. The maximum absolute atomic E-state index is 5.74. The monoisotopic (exact) mass is 237 g/mol. The van der Waals surface area contributed by atoms with E-state index in [-0.39, 0.29) is 0 Å². The molecule has 1 aliphatic carbocycles. The average molecular weight is 237 g/mol. The molecule has 0 spiro atoms. The zero-order valence-electron chi connectivity index (χ0n) is 10.9. The van der Waals surface area contributed by atoms with Gasteiger partial charge in [-0.1, -0.05) is 39.5 Å². The number of hydrogen-bond acceptors (Lipinski definition) is 4. The van der Waals surface area contributed by atoms with Crippen LogP contribution >= 0.6 is 0 Å². The molecule has 1 aromatic heterocycles. The van der Waals surface area contributed by atoms with Crippen LogP contribution in [0.25, 0.3) is 0 Å². The van der Waals surface area contributed by atoms with E-state index in [4.69, 9.17) is 4.42 Å². The lowest BCUT2D eigenvalue weighted by molar-refractivity contribution is 0.381. The molecule has 1 fully saturated rings. The summed E-state index contributed by atoms with van der Waals surface area (Å²) in [4.78, 5) is 0. The third-order valence-electron chi connectivity index (χ3n) is 3.35. The van der Waals surface area contributed by atoms with E-state index in [1.807, 2.05) is 0 Å². The Kier molecular flexibility index (Phi) is 4.54. The highest BCUT2D eigenvalue weighted by atomic mass is 16.4. The molecule has 0 bridgehead atoms. The van der Waals surface area contributed by atoms with E-state index in [9.17, 15) is 0 Å². The van der Waals surface area contributed by atoms with E-state index in [1.165, 1.54) is 38.5 Å². The molecule has 1 aliphatic rings. The number of rotatable bonds is 4. The summed E-state index contributed by atoms with van der Waals surface area (Å²) in [6.07, 6.45) is 7.72. The second kappa shape index (κ2) is 6.15. The van der Waals surface area contributed by atoms with Gasteiger partial charge in [-0.3, -0.25) is 0 Å². The molecular weight excluding hydrogens is 214 g/mol. The molecule has 4 heteroatoms. The van der Waals surface area contributed by atoms with Crippen LogP contribution in [0, 0.1) is 0 Å². The summed E-state index contributed by atoms with van der Waals surface area (Å²) in [6, 6.07) is 0.447. The maximum atomic E-state index is 5.74. The van der Waals surface area contributed by atoms with Crippen molar-refractivity contribution >= 4 is 0 Å². The fourth-order valence-corrected chi connectivity index (χ4v) is 2.32. The third-order valence-corrected chi connectivity index (χ3v) is 3.35. The molecule has 0 saturated heterocycles. The Morgan fingerprint density at radius 3 is 2.53 bits per heavy atom. The molecule has 0 unspecified atom stereocenters. The van der Waals surface area contributed by atoms with Crippen molar-refractivity contribution in [1.29, 1.82) is 0 Å². The molecular formula is C13H23N3O. The van der Waals surface area contributed by atoms with Gasteiger partial charge in [0.25, 0.3) is 0 Å². The first kappa shape index (κ1) is 12.6. The average Bonchev–Trinajstić information content (AvgIpc) is 2.60. The zero-order valence-corrected chi connectivity index (χ0v) is 10.9. The molecule has 1 saturated carbocycles. The fraction of sp³-hybridized carbons (Fsp3) is 0.846. The number of nitrogens with one attached hydrogen (secondary N) is 1. The van der Waals surface area contributed by atoms with Crippen molar-refractivity contribution in [3.05, 3.63) is 11.8 Å². The summed E-state index contributed by atoms with van der Waals surface area (Å²) in [5.74, 6) is 2.07. The standard InChI is InChI=1S/C13H23N3O/c1-10(2)14-9-12-15-16-13(17-12)11-7-5-3-4-6-8-11/h10-11,14H,3-9H2,1-2H3. The molecule has 0 radical (unpaired) electrons. The van der Waals surface area contributed by atoms with Crippen LogP contribution < -0.4 is 5.32 Å². The Balaban J connectivity index is 1.92. The number of aromatic nitrogens is 2. The van der Waals surface area contributed by atoms with E-state index < -0.39 is 0 Å². The second-order valence-electron chi connectivity index (χ2n) is 5.26. The van der Waals surface area contributed by atoms with Gasteiger partial charge >= 0.3 is 0 Å². The highest BCUT2D eigenvalue weighted by molar-refractivity contribution is 4.92. The highest BCUT2D eigenvalue weighted by Gasteiger charge is 2.20. The molecule has 0 atom stereocenters. The first-order valence-electron chi connectivity index (χ1n) is 6.81. The van der Waals surface area contributed by atoms with Crippen LogP contribution in [0.5, 0.6) is 0 Å². The maximum Gasteiger partial charge on any atom is 0.230 e. The Morgan fingerprint density at radius 1 is 1.18 bits per heavy atom. The van der Waals surface area contributed by atoms with Crippen molar-refractivity contribution in [3.8, 4) is 0 Å². The van der Waals surface area contributed by atoms with E-state index in [1.54, 1.807) is 0 Å². The summed E-state index contributed by atoms with van der Waals surface area (Å²) in [5, 5.41) is 11.6. The summed E-state index contributed by atoms with van der Waals surface area (Å²) < 4.78 is 5.74. The third kappa shape index (κ3) is 3.80. The first-order valence-corrected chi connectivity index (χ1v) is 6.81. The molecule has 1 heterocycles.